The van der Waals surface area contributed by atoms with E-state index in [4.69, 9.17) is 11.6 Å². The molecule has 144 valence electrons. The molecule has 5 heteroatoms. The highest BCUT2D eigenvalue weighted by molar-refractivity contribution is 8.04. The summed E-state index contributed by atoms with van der Waals surface area (Å²) in [6, 6.07) is 22.3. The minimum absolute atomic E-state index is 0.305. The van der Waals surface area contributed by atoms with E-state index in [1.54, 1.807) is 18.2 Å². The monoisotopic (exact) mass is 419 g/mol. The van der Waals surface area contributed by atoms with E-state index in [1.165, 1.54) is 16.7 Å². The van der Waals surface area contributed by atoms with Crippen LogP contribution in [0.2, 0.25) is 5.02 Å². The number of benzene rings is 3. The number of anilines is 1. The third kappa shape index (κ3) is 3.86. The first-order valence-corrected chi connectivity index (χ1v) is 10.3. The Balaban J connectivity index is 1.82. The number of rotatable bonds is 4. The Kier molecular flexibility index (Phi) is 5.31. The lowest BCUT2D eigenvalue weighted by Gasteiger charge is -2.15. The van der Waals surface area contributed by atoms with E-state index in [2.05, 4.69) is 0 Å². The highest BCUT2D eigenvalue weighted by Crippen LogP contribution is 2.41. The molecule has 3 aromatic carbocycles. The maximum Gasteiger partial charge on any atom is 0.272 e. The first kappa shape index (κ1) is 19.5. The summed E-state index contributed by atoms with van der Waals surface area (Å²) in [5.74, 6) is -0.614. The van der Waals surface area contributed by atoms with Gasteiger partial charge in [0.2, 0.25) is 0 Å². The largest absolute Gasteiger partial charge is 0.272 e. The van der Waals surface area contributed by atoms with Crippen molar-refractivity contribution in [1.29, 1.82) is 0 Å². The molecule has 0 bridgehead atoms. The second-order valence-corrected chi connectivity index (χ2v) is 8.43. The van der Waals surface area contributed by atoms with Gasteiger partial charge < -0.3 is 0 Å². The van der Waals surface area contributed by atoms with Gasteiger partial charge in [-0.25, -0.2) is 4.90 Å². The number of carbonyl (C=O) groups excluding carboxylic acids is 2. The first-order valence-electron chi connectivity index (χ1n) is 9.14. The highest BCUT2D eigenvalue weighted by atomic mass is 35.5. The van der Waals surface area contributed by atoms with Crippen LogP contribution in [0.5, 0.6) is 0 Å². The maximum absolute atomic E-state index is 13.4. The van der Waals surface area contributed by atoms with E-state index in [-0.39, 0.29) is 11.8 Å². The number of imide groups is 1. The predicted molar refractivity (Wildman–Crippen MR) is 119 cm³/mol. The van der Waals surface area contributed by atoms with Crippen LogP contribution in [0.3, 0.4) is 0 Å². The molecular formula is C24H18ClNO2S. The van der Waals surface area contributed by atoms with E-state index in [9.17, 15) is 9.59 Å². The van der Waals surface area contributed by atoms with E-state index in [0.29, 0.717) is 21.2 Å². The van der Waals surface area contributed by atoms with Gasteiger partial charge in [0.05, 0.1) is 16.2 Å². The standard InChI is InChI=1S/C24H18ClNO2S/c1-15-6-8-17(9-7-15)21-22(29-20-12-10-18(25)11-13-20)24(28)26(23(21)27)19-5-3-4-16(2)14-19/h3-14H,1-2H3. The summed E-state index contributed by atoms with van der Waals surface area (Å²) < 4.78 is 0. The van der Waals surface area contributed by atoms with Gasteiger partial charge in [-0.3, -0.25) is 9.59 Å². The fraction of sp³-hybridized carbons (Fsp3) is 0.0833. The Labute approximate surface area is 179 Å². The fourth-order valence-electron chi connectivity index (χ4n) is 3.20. The van der Waals surface area contributed by atoms with Crippen LogP contribution in [0.25, 0.3) is 5.57 Å². The summed E-state index contributed by atoms with van der Waals surface area (Å²) in [5, 5.41) is 0.622. The average Bonchev–Trinajstić information content (AvgIpc) is 2.94. The molecule has 0 aromatic heterocycles. The molecule has 1 aliphatic rings. The van der Waals surface area contributed by atoms with Crippen LogP contribution in [0.1, 0.15) is 16.7 Å². The predicted octanol–water partition coefficient (Wildman–Crippen LogP) is 6.03. The SMILES string of the molecule is Cc1ccc(C2=C(Sc3ccc(Cl)cc3)C(=O)N(c3cccc(C)c3)C2=O)cc1. The fourth-order valence-corrected chi connectivity index (χ4v) is 4.32. The Hall–Kier alpha value is -2.82. The van der Waals surface area contributed by atoms with Crippen molar-refractivity contribution < 1.29 is 9.59 Å². The van der Waals surface area contributed by atoms with Gasteiger partial charge >= 0.3 is 0 Å². The molecule has 3 nitrogen and oxygen atoms in total. The van der Waals surface area contributed by atoms with Crippen LogP contribution in [-0.4, -0.2) is 11.8 Å². The molecule has 4 rings (SSSR count). The molecule has 0 saturated heterocycles. The molecule has 0 aliphatic carbocycles. The van der Waals surface area contributed by atoms with Gasteiger partial charge in [-0.05, 0) is 61.4 Å². The molecule has 2 amide bonds. The molecule has 0 fully saturated rings. The van der Waals surface area contributed by atoms with Crippen molar-refractivity contribution >= 4 is 46.4 Å². The molecule has 29 heavy (non-hydrogen) atoms. The number of nitrogens with zero attached hydrogens (tertiary/aromatic N) is 1. The average molecular weight is 420 g/mol. The minimum atomic E-state index is -0.309. The molecule has 0 atom stereocenters. The number of aryl methyl sites for hydroxylation is 2. The van der Waals surface area contributed by atoms with Gasteiger partial charge in [-0.2, -0.15) is 0 Å². The van der Waals surface area contributed by atoms with Crippen molar-refractivity contribution in [2.45, 2.75) is 18.7 Å². The van der Waals surface area contributed by atoms with Crippen molar-refractivity contribution in [2.75, 3.05) is 4.90 Å². The number of hydrogen-bond donors (Lipinski definition) is 0. The summed E-state index contributed by atoms with van der Waals surface area (Å²) in [7, 11) is 0. The van der Waals surface area contributed by atoms with Crippen molar-refractivity contribution in [2.24, 2.45) is 0 Å². The molecule has 0 saturated carbocycles. The van der Waals surface area contributed by atoms with Crippen molar-refractivity contribution in [3.8, 4) is 0 Å². The summed E-state index contributed by atoms with van der Waals surface area (Å²) in [6.07, 6.45) is 0. The van der Waals surface area contributed by atoms with E-state index in [1.807, 2.05) is 68.4 Å². The highest BCUT2D eigenvalue weighted by Gasteiger charge is 2.40. The quantitative estimate of drug-likeness (QED) is 0.484. The zero-order valence-electron chi connectivity index (χ0n) is 16.0. The zero-order chi connectivity index (χ0) is 20.5. The van der Waals surface area contributed by atoms with E-state index in [0.717, 1.165) is 21.6 Å². The van der Waals surface area contributed by atoms with Crippen molar-refractivity contribution in [3.63, 3.8) is 0 Å². The van der Waals surface area contributed by atoms with Gasteiger partial charge in [-0.1, -0.05) is 65.3 Å². The van der Waals surface area contributed by atoms with Crippen LogP contribution in [0, 0.1) is 13.8 Å². The van der Waals surface area contributed by atoms with Crippen LogP contribution >= 0.6 is 23.4 Å². The molecule has 0 radical (unpaired) electrons. The van der Waals surface area contributed by atoms with Crippen LogP contribution in [0.15, 0.2) is 82.6 Å². The van der Waals surface area contributed by atoms with E-state index < -0.39 is 0 Å². The van der Waals surface area contributed by atoms with E-state index >= 15 is 0 Å². The lowest BCUT2D eigenvalue weighted by atomic mass is 10.0. The molecule has 1 heterocycles. The lowest BCUT2D eigenvalue weighted by molar-refractivity contribution is -0.119. The Morgan fingerprint density at radius 1 is 0.793 bits per heavy atom. The molecule has 3 aromatic rings. The van der Waals surface area contributed by atoms with Crippen LogP contribution < -0.4 is 4.90 Å². The summed E-state index contributed by atoms with van der Waals surface area (Å²) in [4.78, 5) is 29.3. The number of thioether (sulfide) groups is 1. The molecule has 0 spiro atoms. The number of carbonyl (C=O) groups is 2. The Morgan fingerprint density at radius 3 is 2.14 bits per heavy atom. The Bertz CT molecular complexity index is 1130. The third-order valence-electron chi connectivity index (χ3n) is 4.67. The summed E-state index contributed by atoms with van der Waals surface area (Å²) in [6.45, 7) is 3.93. The second kappa shape index (κ2) is 7.90. The maximum atomic E-state index is 13.4. The topological polar surface area (TPSA) is 37.4 Å². The normalized spacial score (nSPS) is 14.1. The second-order valence-electron chi connectivity index (χ2n) is 6.91. The smallest absolute Gasteiger partial charge is 0.268 e. The van der Waals surface area contributed by atoms with Gasteiger partial charge in [-0.15, -0.1) is 0 Å². The Morgan fingerprint density at radius 2 is 1.48 bits per heavy atom. The first-order chi connectivity index (χ1) is 13.9. The van der Waals surface area contributed by atoms with Crippen LogP contribution in [-0.2, 0) is 9.59 Å². The molecule has 1 aliphatic heterocycles. The zero-order valence-corrected chi connectivity index (χ0v) is 17.6. The minimum Gasteiger partial charge on any atom is -0.268 e. The summed E-state index contributed by atoms with van der Waals surface area (Å²) >= 11 is 7.28. The van der Waals surface area contributed by atoms with Gasteiger partial charge in [0.1, 0.15) is 0 Å². The molecule has 0 unspecified atom stereocenters. The molecule has 0 N–H and O–H groups in total. The third-order valence-corrected chi connectivity index (χ3v) is 6.02. The molecular weight excluding hydrogens is 402 g/mol. The van der Waals surface area contributed by atoms with Crippen molar-refractivity contribution in [1.82, 2.24) is 0 Å². The number of halogens is 1. The van der Waals surface area contributed by atoms with Gasteiger partial charge in [0.25, 0.3) is 11.8 Å². The lowest BCUT2D eigenvalue weighted by Crippen LogP contribution is -2.31. The van der Waals surface area contributed by atoms with Gasteiger partial charge in [0, 0.05) is 9.92 Å². The van der Waals surface area contributed by atoms with Crippen molar-refractivity contribution in [3.05, 3.63) is 99.4 Å². The van der Waals surface area contributed by atoms with Crippen LogP contribution in [0.4, 0.5) is 5.69 Å². The number of hydrogen-bond acceptors (Lipinski definition) is 3. The number of amides is 2. The summed E-state index contributed by atoms with van der Waals surface area (Å²) in [5.41, 5.74) is 3.82. The van der Waals surface area contributed by atoms with Gasteiger partial charge in [0.15, 0.2) is 0 Å².